The average Bonchev–Trinajstić information content (AvgIpc) is 3.81. The Morgan fingerprint density at radius 3 is 2.56 bits per heavy atom. The van der Waals surface area contributed by atoms with E-state index in [0.717, 1.165) is 87.3 Å². The van der Waals surface area contributed by atoms with Gasteiger partial charge in [0.05, 0.1) is 13.5 Å². The van der Waals surface area contributed by atoms with Crippen LogP contribution in [0.1, 0.15) is 93.8 Å². The number of methoxy groups -OCH3 is 1. The van der Waals surface area contributed by atoms with Crippen LogP contribution in [-0.2, 0) is 41.7 Å². The number of rotatable bonds is 6. The zero-order valence-electron chi connectivity index (χ0n) is 32.4. The molecule has 0 radical (unpaired) electrons. The molecule has 0 amide bonds. The first-order chi connectivity index (χ1) is 27.8. The van der Waals surface area contributed by atoms with Gasteiger partial charge in [-0.25, -0.2) is 0 Å². The number of benzene rings is 3. The SMILES string of the molecule is COc1cc2cc(c1O)Cc1ccc(CCCO)c(c1)Cc1cc[nH]c1NCC1=Cc3[nH]ccc3[C@@H](C[C@@H]3C=Cc4c(O)cccc4CC3)[C@@H]1C(=O)CC(=O)CC2. The molecule has 0 fully saturated rings. The number of phenolic OH excluding ortho intramolecular Hbond substituents is 2. The lowest BCUT2D eigenvalue weighted by Gasteiger charge is -2.34. The average molecular weight is 766 g/mol. The number of Topliss-reactive ketones (excluding diaryl/α,β-unsaturated/α-hetero) is 2. The number of fused-ring (bicyclic) bond motifs is 8. The molecule has 9 nitrogen and oxygen atoms in total. The van der Waals surface area contributed by atoms with E-state index >= 15 is 0 Å². The maximum absolute atomic E-state index is 14.7. The van der Waals surface area contributed by atoms with Crippen molar-refractivity contribution in [3.63, 3.8) is 0 Å². The minimum absolute atomic E-state index is 0.0765. The molecule has 2 aromatic heterocycles. The van der Waals surface area contributed by atoms with E-state index in [9.17, 15) is 24.9 Å². The molecule has 3 aromatic carbocycles. The fourth-order valence-electron chi connectivity index (χ4n) is 9.25. The number of aliphatic hydroxyl groups is 1. The lowest BCUT2D eigenvalue weighted by Crippen LogP contribution is -2.32. The quantitative estimate of drug-likeness (QED) is 0.0955. The predicted molar refractivity (Wildman–Crippen MR) is 223 cm³/mol. The zero-order chi connectivity index (χ0) is 39.5. The van der Waals surface area contributed by atoms with E-state index in [2.05, 4.69) is 63.8 Å². The second-order valence-electron chi connectivity index (χ2n) is 15.9. The Morgan fingerprint density at radius 2 is 1.70 bits per heavy atom. The monoisotopic (exact) mass is 765 g/mol. The van der Waals surface area contributed by atoms with E-state index in [4.69, 9.17) is 4.74 Å². The highest BCUT2D eigenvalue weighted by atomic mass is 16.5. The highest BCUT2D eigenvalue weighted by Crippen LogP contribution is 2.45. The number of nitrogens with one attached hydrogen (secondary N) is 3. The van der Waals surface area contributed by atoms with Gasteiger partial charge in [0.15, 0.2) is 11.5 Å². The summed E-state index contributed by atoms with van der Waals surface area (Å²) in [7, 11) is 1.53. The number of H-pyrrole nitrogens is 2. The number of phenols is 2. The van der Waals surface area contributed by atoms with Crippen LogP contribution in [0.2, 0.25) is 0 Å². The van der Waals surface area contributed by atoms with Crippen LogP contribution < -0.4 is 10.1 Å². The topological polar surface area (TPSA) is 148 Å². The second kappa shape index (κ2) is 16.7. The lowest BCUT2D eigenvalue weighted by atomic mass is 9.69. The minimum atomic E-state index is -0.514. The standard InChI is InChI=1S/C48H51N3O6/c1-57-45-24-31-9-13-38(53)27-44(55)46-37(26-42-40(16-18-49-42)41(46)23-29-7-12-33-4-2-6-43(54)39(33)14-10-29)28-51-48-34(15-17-50-48)25-35-20-30(21-36(22-31)47(45)56)8-11-32(35)5-3-19-52/h2,4,6,8,10-11,14-18,20,22,24,26,29,41,46,49-52,54,56H,3,5,7,9,12-13,19,21,23,25,27-28H2,1H3/t29-,41+,46+/m0/s1. The van der Waals surface area contributed by atoms with Crippen LogP contribution in [0.5, 0.6) is 17.2 Å². The van der Waals surface area contributed by atoms with Crippen LogP contribution in [0.4, 0.5) is 5.82 Å². The number of ether oxygens (including phenoxy) is 1. The maximum atomic E-state index is 14.7. The van der Waals surface area contributed by atoms with Gasteiger partial charge in [-0.15, -0.1) is 0 Å². The van der Waals surface area contributed by atoms with Crippen molar-refractivity contribution in [2.24, 2.45) is 11.8 Å². The third kappa shape index (κ3) is 8.21. The van der Waals surface area contributed by atoms with Crippen molar-refractivity contribution in [3.05, 3.63) is 140 Å². The molecule has 0 saturated heterocycles. The van der Waals surface area contributed by atoms with Gasteiger partial charge >= 0.3 is 0 Å². The number of allylic oxidation sites excluding steroid dienone is 1. The number of carbonyl (C=O) groups excluding carboxylic acids is 2. The summed E-state index contributed by atoms with van der Waals surface area (Å²) < 4.78 is 5.58. The highest BCUT2D eigenvalue weighted by Gasteiger charge is 2.39. The Labute approximate surface area is 333 Å². The molecule has 9 heteroatoms. The molecule has 5 aromatic rings. The number of aromatic nitrogens is 2. The number of aryl methyl sites for hydroxylation is 3. The molecule has 57 heavy (non-hydrogen) atoms. The number of hydrogen-bond acceptors (Lipinski definition) is 7. The van der Waals surface area contributed by atoms with E-state index in [1.807, 2.05) is 30.6 Å². The first-order valence-corrected chi connectivity index (χ1v) is 20.2. The van der Waals surface area contributed by atoms with Crippen molar-refractivity contribution in [1.82, 2.24) is 9.97 Å². The number of aromatic hydroxyl groups is 2. The first-order valence-electron chi connectivity index (χ1n) is 20.2. The number of carbonyl (C=O) groups is 2. The Balaban J connectivity index is 1.16. The van der Waals surface area contributed by atoms with Gasteiger partial charge in [-0.05, 0) is 119 Å². The summed E-state index contributed by atoms with van der Waals surface area (Å²) >= 11 is 0. The number of ketones is 2. The van der Waals surface area contributed by atoms with E-state index in [1.165, 1.54) is 7.11 Å². The van der Waals surface area contributed by atoms with Crippen molar-refractivity contribution < 1.29 is 29.6 Å². The largest absolute Gasteiger partial charge is 0.507 e. The maximum Gasteiger partial charge on any atom is 0.161 e. The van der Waals surface area contributed by atoms with E-state index in [1.54, 1.807) is 12.1 Å². The molecular formula is C48H51N3O6. The summed E-state index contributed by atoms with van der Waals surface area (Å²) in [6, 6.07) is 19.9. The van der Waals surface area contributed by atoms with Crippen LogP contribution in [0.15, 0.2) is 84.7 Å². The summed E-state index contributed by atoms with van der Waals surface area (Å²) in [5.41, 5.74) is 10.9. The van der Waals surface area contributed by atoms with Gasteiger partial charge in [0.1, 0.15) is 23.1 Å². The number of aromatic amines is 2. The van der Waals surface area contributed by atoms with Crippen molar-refractivity contribution in [1.29, 1.82) is 0 Å². The van der Waals surface area contributed by atoms with Gasteiger partial charge in [0, 0.05) is 73.5 Å². The Bertz CT molecular complexity index is 2350. The van der Waals surface area contributed by atoms with Crippen LogP contribution in [0, 0.1) is 11.8 Å². The molecular weight excluding hydrogens is 715 g/mol. The van der Waals surface area contributed by atoms with Crippen LogP contribution >= 0.6 is 0 Å². The van der Waals surface area contributed by atoms with Crippen molar-refractivity contribution in [2.75, 3.05) is 25.6 Å². The molecule has 2 aliphatic carbocycles. The summed E-state index contributed by atoms with van der Waals surface area (Å²) in [6.07, 6.45) is 15.5. The molecule has 0 saturated carbocycles. The number of aliphatic hydroxyl groups excluding tert-OH is 1. The van der Waals surface area contributed by atoms with Crippen molar-refractivity contribution in [3.8, 4) is 17.2 Å². The summed E-state index contributed by atoms with van der Waals surface area (Å²) in [5, 5.41) is 35.2. The summed E-state index contributed by atoms with van der Waals surface area (Å²) in [4.78, 5) is 35.3. The summed E-state index contributed by atoms with van der Waals surface area (Å²) in [5.74, 6) is 0.855. The van der Waals surface area contributed by atoms with Gasteiger partial charge in [-0.3, -0.25) is 9.59 Å². The fraction of sp³-hybridized carbons (Fsp3) is 0.333. The predicted octanol–water partition coefficient (Wildman–Crippen LogP) is 8.22. The van der Waals surface area contributed by atoms with Gasteiger partial charge in [-0.2, -0.15) is 0 Å². The smallest absolute Gasteiger partial charge is 0.161 e. The molecule has 1 aliphatic heterocycles. The molecule has 3 aliphatic rings. The van der Waals surface area contributed by atoms with Gasteiger partial charge in [-0.1, -0.05) is 48.6 Å². The first kappa shape index (κ1) is 38.1. The van der Waals surface area contributed by atoms with Crippen molar-refractivity contribution >= 4 is 29.5 Å². The molecule has 4 bridgehead atoms. The zero-order valence-corrected chi connectivity index (χ0v) is 32.4. The molecule has 8 rings (SSSR count). The Morgan fingerprint density at radius 1 is 0.842 bits per heavy atom. The van der Waals surface area contributed by atoms with Crippen LogP contribution in [0.25, 0.3) is 12.2 Å². The van der Waals surface area contributed by atoms with Gasteiger partial charge in [0.2, 0.25) is 0 Å². The molecule has 3 heterocycles. The van der Waals surface area contributed by atoms with E-state index in [0.29, 0.717) is 43.5 Å². The third-order valence-corrected chi connectivity index (χ3v) is 12.2. The minimum Gasteiger partial charge on any atom is -0.507 e. The molecule has 0 unspecified atom stereocenters. The van der Waals surface area contributed by atoms with E-state index in [-0.39, 0.29) is 54.3 Å². The lowest BCUT2D eigenvalue weighted by molar-refractivity contribution is -0.129. The number of anilines is 1. The van der Waals surface area contributed by atoms with Gasteiger partial charge < -0.3 is 35.3 Å². The Kier molecular flexibility index (Phi) is 11.2. The van der Waals surface area contributed by atoms with Gasteiger partial charge in [0.25, 0.3) is 0 Å². The van der Waals surface area contributed by atoms with Crippen molar-refractivity contribution in [2.45, 2.75) is 70.1 Å². The normalized spacial score (nSPS) is 19.7. The Hall–Kier alpha value is -5.80. The molecule has 3 atom stereocenters. The number of hydrogen-bond donors (Lipinski definition) is 6. The van der Waals surface area contributed by atoms with Crippen LogP contribution in [0.3, 0.4) is 0 Å². The van der Waals surface area contributed by atoms with E-state index < -0.39 is 5.92 Å². The van der Waals surface area contributed by atoms with Crippen LogP contribution in [-0.4, -0.2) is 57.1 Å². The highest BCUT2D eigenvalue weighted by molar-refractivity contribution is 6.02. The molecule has 0 spiro atoms. The summed E-state index contributed by atoms with van der Waals surface area (Å²) in [6.45, 7) is 0.517. The molecule has 6 N–H and O–H groups in total. The second-order valence-corrected chi connectivity index (χ2v) is 15.9. The molecule has 294 valence electrons. The fourth-order valence-corrected chi connectivity index (χ4v) is 9.25. The third-order valence-electron chi connectivity index (χ3n) is 12.2.